The maximum Gasteiger partial charge on any atom is 0.0789 e. The summed E-state index contributed by atoms with van der Waals surface area (Å²) in [6, 6.07) is 2.34. The van der Waals surface area contributed by atoms with E-state index in [1.54, 1.807) is 0 Å². The van der Waals surface area contributed by atoms with E-state index in [1.807, 2.05) is 17.9 Å². The first kappa shape index (κ1) is 11.6. The summed E-state index contributed by atoms with van der Waals surface area (Å²) in [4.78, 5) is 0. The van der Waals surface area contributed by atoms with Crippen LogP contribution in [-0.2, 0) is 11.8 Å². The van der Waals surface area contributed by atoms with E-state index in [0.717, 1.165) is 19.4 Å². The van der Waals surface area contributed by atoms with Crippen molar-refractivity contribution in [2.75, 3.05) is 6.54 Å². The highest BCUT2D eigenvalue weighted by molar-refractivity contribution is 5.09. The summed E-state index contributed by atoms with van der Waals surface area (Å²) in [6.45, 7) is 5.22. The molecule has 1 aliphatic rings. The number of rotatable bonds is 4. The van der Waals surface area contributed by atoms with Crippen molar-refractivity contribution >= 4 is 0 Å². The van der Waals surface area contributed by atoms with Crippen molar-refractivity contribution in [3.8, 4) is 0 Å². The molecule has 1 aromatic heterocycles. The summed E-state index contributed by atoms with van der Waals surface area (Å²) >= 11 is 0. The van der Waals surface area contributed by atoms with Gasteiger partial charge in [0.25, 0.3) is 0 Å². The number of hydrogen-bond acceptors (Lipinski definition) is 3. The molecule has 1 saturated heterocycles. The lowest BCUT2D eigenvalue weighted by Gasteiger charge is -2.24. The van der Waals surface area contributed by atoms with Gasteiger partial charge < -0.3 is 10.1 Å². The van der Waals surface area contributed by atoms with Crippen LogP contribution in [0.25, 0.3) is 0 Å². The summed E-state index contributed by atoms with van der Waals surface area (Å²) < 4.78 is 7.88. The summed E-state index contributed by atoms with van der Waals surface area (Å²) in [5, 5.41) is 7.73. The Kier molecular flexibility index (Phi) is 3.61. The molecule has 3 unspecified atom stereocenters. The van der Waals surface area contributed by atoms with E-state index in [2.05, 4.69) is 30.3 Å². The highest BCUT2D eigenvalue weighted by Gasteiger charge is 2.31. The second-order valence-corrected chi connectivity index (χ2v) is 4.48. The van der Waals surface area contributed by atoms with Gasteiger partial charge in [-0.3, -0.25) is 4.68 Å². The van der Waals surface area contributed by atoms with Crippen molar-refractivity contribution < 1.29 is 4.74 Å². The fourth-order valence-corrected chi connectivity index (χ4v) is 2.41. The van der Waals surface area contributed by atoms with Gasteiger partial charge >= 0.3 is 0 Å². The number of ether oxygens (including phenoxy) is 1. The van der Waals surface area contributed by atoms with Gasteiger partial charge in [0.2, 0.25) is 0 Å². The van der Waals surface area contributed by atoms with Gasteiger partial charge in [-0.2, -0.15) is 5.10 Å². The van der Waals surface area contributed by atoms with Crippen LogP contribution in [0.5, 0.6) is 0 Å². The van der Waals surface area contributed by atoms with Gasteiger partial charge in [-0.1, -0.05) is 6.92 Å². The molecule has 1 fully saturated rings. The van der Waals surface area contributed by atoms with Crippen molar-refractivity contribution in [1.29, 1.82) is 0 Å². The summed E-state index contributed by atoms with van der Waals surface area (Å²) in [7, 11) is 1.98. The standard InChI is InChI=1S/C12H21N3O/c1-4-13-12(10-7-8-14-15(10)3)11-6-5-9(2)16-11/h7-9,11-13H,4-6H2,1-3H3. The fraction of sp³-hybridized carbons (Fsp3) is 0.750. The predicted molar refractivity (Wildman–Crippen MR) is 63.2 cm³/mol. The minimum absolute atomic E-state index is 0.266. The summed E-state index contributed by atoms with van der Waals surface area (Å²) in [6.07, 6.45) is 4.80. The van der Waals surface area contributed by atoms with E-state index in [9.17, 15) is 0 Å². The van der Waals surface area contributed by atoms with Gasteiger partial charge in [-0.05, 0) is 32.4 Å². The Morgan fingerprint density at radius 1 is 1.62 bits per heavy atom. The first-order chi connectivity index (χ1) is 7.72. The molecule has 1 N–H and O–H groups in total. The molecule has 0 bridgehead atoms. The van der Waals surface area contributed by atoms with Crippen LogP contribution in [0.3, 0.4) is 0 Å². The molecular weight excluding hydrogens is 202 g/mol. The van der Waals surface area contributed by atoms with Crippen LogP contribution in [0.2, 0.25) is 0 Å². The lowest BCUT2D eigenvalue weighted by Crippen LogP contribution is -2.33. The predicted octanol–water partition coefficient (Wildman–Crippen LogP) is 1.64. The van der Waals surface area contributed by atoms with Crippen molar-refractivity contribution in [3.05, 3.63) is 18.0 Å². The van der Waals surface area contributed by atoms with Gasteiger partial charge in [-0.25, -0.2) is 0 Å². The zero-order chi connectivity index (χ0) is 11.5. The molecule has 90 valence electrons. The topological polar surface area (TPSA) is 39.1 Å². The molecule has 0 spiro atoms. The van der Waals surface area contributed by atoms with Crippen LogP contribution in [0.4, 0.5) is 0 Å². The highest BCUT2D eigenvalue weighted by atomic mass is 16.5. The molecule has 4 nitrogen and oxygen atoms in total. The normalized spacial score (nSPS) is 27.2. The zero-order valence-corrected chi connectivity index (χ0v) is 10.3. The minimum Gasteiger partial charge on any atom is -0.373 e. The van der Waals surface area contributed by atoms with Crippen molar-refractivity contribution in [3.63, 3.8) is 0 Å². The second kappa shape index (κ2) is 4.97. The smallest absolute Gasteiger partial charge is 0.0789 e. The molecule has 0 radical (unpaired) electrons. The molecule has 0 aliphatic carbocycles. The molecule has 4 heteroatoms. The van der Waals surface area contributed by atoms with E-state index in [-0.39, 0.29) is 12.1 Å². The Morgan fingerprint density at radius 2 is 2.44 bits per heavy atom. The largest absolute Gasteiger partial charge is 0.373 e. The Bertz CT molecular complexity index is 337. The van der Waals surface area contributed by atoms with E-state index in [1.165, 1.54) is 5.69 Å². The lowest BCUT2D eigenvalue weighted by molar-refractivity contribution is 0.0302. The van der Waals surface area contributed by atoms with Crippen molar-refractivity contribution in [2.24, 2.45) is 7.05 Å². The minimum atomic E-state index is 0.266. The SMILES string of the molecule is CCNC(c1ccnn1C)C1CCC(C)O1. The third-order valence-corrected chi connectivity index (χ3v) is 3.24. The molecular formula is C12H21N3O. The molecule has 0 saturated carbocycles. The molecule has 1 aromatic rings. The third kappa shape index (κ3) is 2.28. The Hall–Kier alpha value is -0.870. The average molecular weight is 223 g/mol. The van der Waals surface area contributed by atoms with Gasteiger partial charge in [0.1, 0.15) is 0 Å². The van der Waals surface area contributed by atoms with Gasteiger partial charge in [0.15, 0.2) is 0 Å². The van der Waals surface area contributed by atoms with E-state index >= 15 is 0 Å². The van der Waals surface area contributed by atoms with Gasteiger partial charge in [0, 0.05) is 13.2 Å². The van der Waals surface area contributed by atoms with Crippen molar-refractivity contribution in [1.82, 2.24) is 15.1 Å². The zero-order valence-electron chi connectivity index (χ0n) is 10.3. The number of nitrogens with zero attached hydrogens (tertiary/aromatic N) is 2. The summed E-state index contributed by atoms with van der Waals surface area (Å²) in [5.74, 6) is 0. The molecule has 2 rings (SSSR count). The number of aryl methyl sites for hydroxylation is 1. The Morgan fingerprint density at radius 3 is 2.94 bits per heavy atom. The monoisotopic (exact) mass is 223 g/mol. The molecule has 3 atom stereocenters. The maximum atomic E-state index is 5.95. The van der Waals surface area contributed by atoms with E-state index in [0.29, 0.717) is 6.10 Å². The highest BCUT2D eigenvalue weighted by Crippen LogP contribution is 2.29. The van der Waals surface area contributed by atoms with Crippen molar-refractivity contribution in [2.45, 2.75) is 44.9 Å². The molecule has 16 heavy (non-hydrogen) atoms. The first-order valence-corrected chi connectivity index (χ1v) is 6.09. The lowest BCUT2D eigenvalue weighted by atomic mass is 10.0. The van der Waals surface area contributed by atoms with E-state index in [4.69, 9.17) is 4.74 Å². The number of nitrogens with one attached hydrogen (secondary N) is 1. The first-order valence-electron chi connectivity index (χ1n) is 6.09. The van der Waals surface area contributed by atoms with E-state index < -0.39 is 0 Å². The second-order valence-electron chi connectivity index (χ2n) is 4.48. The van der Waals surface area contributed by atoms with Crippen LogP contribution in [0.1, 0.15) is 38.4 Å². The molecule has 1 aliphatic heterocycles. The Balaban J connectivity index is 2.14. The van der Waals surface area contributed by atoms with Gasteiger partial charge in [0.05, 0.1) is 23.9 Å². The average Bonchev–Trinajstić information content (AvgIpc) is 2.84. The maximum absolute atomic E-state index is 5.95. The third-order valence-electron chi connectivity index (χ3n) is 3.24. The quantitative estimate of drug-likeness (QED) is 0.843. The number of hydrogen-bond donors (Lipinski definition) is 1. The van der Waals surface area contributed by atoms with Crippen LogP contribution in [-0.4, -0.2) is 28.5 Å². The summed E-state index contributed by atoms with van der Waals surface area (Å²) in [5.41, 5.74) is 1.21. The molecule has 0 aromatic carbocycles. The number of likely N-dealkylation sites (N-methyl/N-ethyl adjacent to an activating group) is 1. The van der Waals surface area contributed by atoms with Crippen LogP contribution < -0.4 is 5.32 Å². The van der Waals surface area contributed by atoms with Gasteiger partial charge in [-0.15, -0.1) is 0 Å². The Labute approximate surface area is 97.0 Å². The molecule has 0 amide bonds. The fourth-order valence-electron chi connectivity index (χ4n) is 2.41. The number of aromatic nitrogens is 2. The van der Waals surface area contributed by atoms with Crippen LogP contribution >= 0.6 is 0 Å². The van der Waals surface area contributed by atoms with Crippen LogP contribution in [0.15, 0.2) is 12.3 Å². The van der Waals surface area contributed by atoms with Crippen LogP contribution in [0, 0.1) is 0 Å². The molecule has 2 heterocycles.